The number of likely N-dealkylation sites (tertiary alicyclic amines) is 1. The van der Waals surface area contributed by atoms with Crippen molar-refractivity contribution in [1.82, 2.24) is 25.2 Å². The summed E-state index contributed by atoms with van der Waals surface area (Å²) in [6.45, 7) is 6.19. The van der Waals surface area contributed by atoms with Crippen LogP contribution >= 0.6 is 0 Å². The molecule has 3 aromatic heterocycles. The number of fused-ring (bicyclic) bond motifs is 2. The molecule has 0 unspecified atom stereocenters. The van der Waals surface area contributed by atoms with E-state index in [-0.39, 0.29) is 0 Å². The smallest absolute Gasteiger partial charge is 0.213 e. The van der Waals surface area contributed by atoms with Crippen LogP contribution in [0.25, 0.3) is 11.0 Å². The first kappa shape index (κ1) is 20.9. The van der Waals surface area contributed by atoms with Crippen LogP contribution in [0.4, 0.5) is 0 Å². The highest BCUT2D eigenvalue weighted by atomic mass is 16.6. The first-order chi connectivity index (χ1) is 15.8. The number of hydrogen-bond acceptors (Lipinski definition) is 8. The molecule has 1 saturated heterocycles. The highest BCUT2D eigenvalue weighted by Gasteiger charge is 2.22. The molecular formula is C24H29N5O3. The molecule has 5 rings (SSSR count). The zero-order chi connectivity index (χ0) is 21.8. The minimum absolute atomic E-state index is 0.590. The van der Waals surface area contributed by atoms with Gasteiger partial charge in [0.1, 0.15) is 13.2 Å². The van der Waals surface area contributed by atoms with Gasteiger partial charge in [-0.25, -0.2) is 4.98 Å². The second kappa shape index (κ2) is 9.67. The predicted octanol–water partition coefficient (Wildman–Crippen LogP) is 2.46. The molecule has 1 atom stereocenters. The molecule has 8 nitrogen and oxygen atoms in total. The van der Waals surface area contributed by atoms with E-state index in [0.717, 1.165) is 67.4 Å². The van der Waals surface area contributed by atoms with Crippen molar-refractivity contribution in [2.75, 3.05) is 46.5 Å². The topological polar surface area (TPSA) is 81.6 Å². The fraction of sp³-hybridized carbons (Fsp3) is 0.458. The van der Waals surface area contributed by atoms with Crippen molar-refractivity contribution < 1.29 is 14.2 Å². The Kier molecular flexibility index (Phi) is 6.31. The number of nitrogens with zero attached hydrogens (tertiary/aromatic N) is 4. The summed E-state index contributed by atoms with van der Waals surface area (Å²) >= 11 is 0. The van der Waals surface area contributed by atoms with Crippen LogP contribution in [0.5, 0.6) is 17.4 Å². The minimum atomic E-state index is 0.590. The average molecular weight is 436 g/mol. The molecule has 0 saturated carbocycles. The Balaban J connectivity index is 1.10. The van der Waals surface area contributed by atoms with Gasteiger partial charge in [-0.1, -0.05) is 0 Å². The molecule has 1 N–H and O–H groups in total. The Hall–Kier alpha value is -2.97. The summed E-state index contributed by atoms with van der Waals surface area (Å²) in [6.07, 6.45) is 5.80. The Morgan fingerprint density at radius 3 is 2.97 bits per heavy atom. The van der Waals surface area contributed by atoms with E-state index in [2.05, 4.69) is 31.2 Å². The fourth-order valence-electron chi connectivity index (χ4n) is 4.43. The van der Waals surface area contributed by atoms with Gasteiger partial charge in [0.05, 0.1) is 30.0 Å². The van der Waals surface area contributed by atoms with E-state index in [1.54, 1.807) is 13.3 Å². The molecule has 0 bridgehead atoms. The zero-order valence-electron chi connectivity index (χ0n) is 18.4. The number of nitrogens with one attached hydrogen (secondary N) is 1. The molecule has 0 aromatic carbocycles. The van der Waals surface area contributed by atoms with E-state index in [1.165, 1.54) is 12.0 Å². The van der Waals surface area contributed by atoms with E-state index in [9.17, 15) is 0 Å². The molecule has 2 aliphatic heterocycles. The summed E-state index contributed by atoms with van der Waals surface area (Å²) in [4.78, 5) is 16.1. The van der Waals surface area contributed by atoms with E-state index in [4.69, 9.17) is 14.2 Å². The Morgan fingerprint density at radius 1 is 1.16 bits per heavy atom. The largest absolute Gasteiger partial charge is 0.486 e. The molecule has 3 aromatic rings. The normalized spacial score (nSPS) is 18.2. The Bertz CT molecular complexity index is 1080. The van der Waals surface area contributed by atoms with Gasteiger partial charge in [-0.2, -0.15) is 0 Å². The molecule has 2 aliphatic rings. The van der Waals surface area contributed by atoms with Crippen LogP contribution in [-0.4, -0.2) is 66.4 Å². The Morgan fingerprint density at radius 2 is 2.06 bits per heavy atom. The Labute approximate surface area is 187 Å². The highest BCUT2D eigenvalue weighted by Crippen LogP contribution is 2.29. The van der Waals surface area contributed by atoms with Gasteiger partial charge in [-0.3, -0.25) is 9.97 Å². The SMILES string of the molecule is COc1ccc2nccc(CCN3CC[C@@H](CNCc4cc5c(cn4)OCCO5)C3)c2n1. The number of pyridine rings is 3. The molecule has 8 heteroatoms. The van der Waals surface area contributed by atoms with Crippen LogP contribution in [0.15, 0.2) is 36.7 Å². The molecule has 0 aliphatic carbocycles. The van der Waals surface area contributed by atoms with Crippen molar-refractivity contribution in [3.05, 3.63) is 47.9 Å². The standard InChI is InChI=1S/C24H29N5O3/c1-30-23-3-2-20-24(28-23)18(4-7-26-20)6-9-29-8-5-17(16-29)13-25-14-19-12-21-22(15-27-19)32-11-10-31-21/h2-4,7,12,15,17,25H,5-6,8-11,13-14,16H2,1H3/t17-/m0/s1. The number of methoxy groups -OCH3 is 1. The third kappa shape index (κ3) is 4.76. The first-order valence-corrected chi connectivity index (χ1v) is 11.2. The van der Waals surface area contributed by atoms with Crippen LogP contribution in [0.2, 0.25) is 0 Å². The quantitative estimate of drug-likeness (QED) is 0.578. The van der Waals surface area contributed by atoms with Gasteiger partial charge in [0.2, 0.25) is 5.88 Å². The van der Waals surface area contributed by atoms with Gasteiger partial charge in [0.15, 0.2) is 11.5 Å². The van der Waals surface area contributed by atoms with Crippen LogP contribution < -0.4 is 19.5 Å². The van der Waals surface area contributed by atoms with Crippen LogP contribution in [0.1, 0.15) is 17.7 Å². The second-order valence-electron chi connectivity index (χ2n) is 8.35. The van der Waals surface area contributed by atoms with Crippen molar-refractivity contribution >= 4 is 11.0 Å². The van der Waals surface area contributed by atoms with Crippen molar-refractivity contribution in [1.29, 1.82) is 0 Å². The summed E-state index contributed by atoms with van der Waals surface area (Å²) < 4.78 is 16.5. The maximum atomic E-state index is 5.65. The van der Waals surface area contributed by atoms with Crippen molar-refractivity contribution in [2.24, 2.45) is 5.92 Å². The molecule has 32 heavy (non-hydrogen) atoms. The number of aromatic nitrogens is 3. The second-order valence-corrected chi connectivity index (χ2v) is 8.35. The maximum absolute atomic E-state index is 5.65. The molecular weight excluding hydrogens is 406 g/mol. The number of hydrogen-bond donors (Lipinski definition) is 1. The van der Waals surface area contributed by atoms with Gasteiger partial charge in [0, 0.05) is 38.0 Å². The average Bonchev–Trinajstić information content (AvgIpc) is 3.30. The maximum Gasteiger partial charge on any atom is 0.213 e. The van der Waals surface area contributed by atoms with Crippen molar-refractivity contribution in [3.8, 4) is 17.4 Å². The first-order valence-electron chi connectivity index (χ1n) is 11.2. The van der Waals surface area contributed by atoms with Gasteiger partial charge >= 0.3 is 0 Å². The summed E-state index contributed by atoms with van der Waals surface area (Å²) in [7, 11) is 1.65. The van der Waals surface area contributed by atoms with Gasteiger partial charge in [0.25, 0.3) is 0 Å². The third-order valence-corrected chi connectivity index (χ3v) is 6.14. The van der Waals surface area contributed by atoms with E-state index < -0.39 is 0 Å². The van der Waals surface area contributed by atoms with Crippen LogP contribution in [0.3, 0.4) is 0 Å². The zero-order valence-corrected chi connectivity index (χ0v) is 18.4. The molecule has 5 heterocycles. The molecule has 168 valence electrons. The lowest BCUT2D eigenvalue weighted by Gasteiger charge is -2.19. The summed E-state index contributed by atoms with van der Waals surface area (Å²) in [5.41, 5.74) is 4.06. The van der Waals surface area contributed by atoms with E-state index >= 15 is 0 Å². The summed E-state index contributed by atoms with van der Waals surface area (Å²) in [5, 5.41) is 3.56. The molecule has 0 radical (unpaired) electrons. The molecule has 0 spiro atoms. The fourth-order valence-corrected chi connectivity index (χ4v) is 4.43. The van der Waals surface area contributed by atoms with Gasteiger partial charge in [-0.15, -0.1) is 0 Å². The van der Waals surface area contributed by atoms with Gasteiger partial charge < -0.3 is 24.4 Å². The van der Waals surface area contributed by atoms with Crippen LogP contribution in [0, 0.1) is 5.92 Å². The highest BCUT2D eigenvalue weighted by molar-refractivity contribution is 5.78. The molecule has 1 fully saturated rings. The molecule has 0 amide bonds. The third-order valence-electron chi connectivity index (χ3n) is 6.14. The predicted molar refractivity (Wildman–Crippen MR) is 121 cm³/mol. The lowest BCUT2D eigenvalue weighted by Crippen LogP contribution is -2.28. The number of rotatable bonds is 8. The van der Waals surface area contributed by atoms with Crippen molar-refractivity contribution in [3.63, 3.8) is 0 Å². The summed E-state index contributed by atoms with van der Waals surface area (Å²) in [5.74, 6) is 2.82. The monoisotopic (exact) mass is 435 g/mol. The summed E-state index contributed by atoms with van der Waals surface area (Å²) in [6, 6.07) is 7.88. The van der Waals surface area contributed by atoms with E-state index in [1.807, 2.05) is 24.4 Å². The van der Waals surface area contributed by atoms with Gasteiger partial charge in [-0.05, 0) is 49.5 Å². The minimum Gasteiger partial charge on any atom is -0.486 e. The van der Waals surface area contributed by atoms with Crippen LogP contribution in [-0.2, 0) is 13.0 Å². The van der Waals surface area contributed by atoms with Crippen molar-refractivity contribution in [2.45, 2.75) is 19.4 Å². The number of ether oxygens (including phenoxy) is 3. The van der Waals surface area contributed by atoms with E-state index in [0.29, 0.717) is 25.0 Å². The lowest BCUT2D eigenvalue weighted by molar-refractivity contribution is 0.170. The lowest BCUT2D eigenvalue weighted by atomic mass is 10.1.